The van der Waals surface area contributed by atoms with Gasteiger partial charge in [0, 0.05) is 23.4 Å². The van der Waals surface area contributed by atoms with Crippen LogP contribution in [0.5, 0.6) is 0 Å². The van der Waals surface area contributed by atoms with Crippen LogP contribution in [0.2, 0.25) is 0 Å². The SMILES string of the molecule is COC(=O)c1cc(C(=O)Nc2cccc(F)c2)cc([N+](=O)[O-])c1. The summed E-state index contributed by atoms with van der Waals surface area (Å²) in [4.78, 5) is 33.9. The number of anilines is 1. The Bertz CT molecular complexity index is 791. The average molecular weight is 318 g/mol. The molecule has 0 heterocycles. The average Bonchev–Trinajstić information content (AvgIpc) is 2.53. The van der Waals surface area contributed by atoms with Crippen molar-refractivity contribution in [2.75, 3.05) is 12.4 Å². The van der Waals surface area contributed by atoms with E-state index >= 15 is 0 Å². The van der Waals surface area contributed by atoms with Crippen molar-refractivity contribution < 1.29 is 23.6 Å². The lowest BCUT2D eigenvalue weighted by molar-refractivity contribution is -0.384. The van der Waals surface area contributed by atoms with E-state index in [1.807, 2.05) is 0 Å². The number of nitrogens with zero attached hydrogens (tertiary/aromatic N) is 1. The first-order chi connectivity index (χ1) is 10.9. The zero-order valence-electron chi connectivity index (χ0n) is 11.9. The molecule has 0 aliphatic heterocycles. The van der Waals surface area contributed by atoms with Crippen LogP contribution in [0.1, 0.15) is 20.7 Å². The standard InChI is InChI=1S/C15H11FN2O5/c1-23-15(20)10-5-9(6-13(7-10)18(21)22)14(19)17-12-4-2-3-11(16)8-12/h2-8H,1H3,(H,17,19). The van der Waals surface area contributed by atoms with E-state index in [-0.39, 0.29) is 16.8 Å². The first-order valence-corrected chi connectivity index (χ1v) is 6.35. The number of nitro groups is 1. The third-order valence-electron chi connectivity index (χ3n) is 2.89. The quantitative estimate of drug-likeness (QED) is 0.531. The van der Waals surface area contributed by atoms with Crippen molar-refractivity contribution in [2.24, 2.45) is 0 Å². The Kier molecular flexibility index (Phi) is 4.65. The largest absolute Gasteiger partial charge is 0.465 e. The van der Waals surface area contributed by atoms with Crippen LogP contribution in [-0.4, -0.2) is 23.9 Å². The van der Waals surface area contributed by atoms with Crippen LogP contribution < -0.4 is 5.32 Å². The maximum absolute atomic E-state index is 13.1. The number of nitrogens with one attached hydrogen (secondary N) is 1. The highest BCUT2D eigenvalue weighted by atomic mass is 19.1. The van der Waals surface area contributed by atoms with Crippen LogP contribution >= 0.6 is 0 Å². The molecule has 1 amide bonds. The Morgan fingerprint density at radius 1 is 1.17 bits per heavy atom. The van der Waals surface area contributed by atoms with Gasteiger partial charge in [0.1, 0.15) is 5.82 Å². The summed E-state index contributed by atoms with van der Waals surface area (Å²) in [6.07, 6.45) is 0. The lowest BCUT2D eigenvalue weighted by atomic mass is 10.1. The van der Waals surface area contributed by atoms with Gasteiger partial charge in [-0.05, 0) is 24.3 Å². The van der Waals surface area contributed by atoms with Gasteiger partial charge < -0.3 is 10.1 Å². The van der Waals surface area contributed by atoms with Gasteiger partial charge in [0.05, 0.1) is 17.6 Å². The first kappa shape index (κ1) is 16.1. The molecule has 0 aromatic heterocycles. The molecule has 0 radical (unpaired) electrons. The summed E-state index contributed by atoms with van der Waals surface area (Å²) in [5.74, 6) is -2.07. The van der Waals surface area contributed by atoms with Gasteiger partial charge in [-0.3, -0.25) is 14.9 Å². The summed E-state index contributed by atoms with van der Waals surface area (Å²) in [5, 5.41) is 13.3. The second-order valence-electron chi connectivity index (χ2n) is 4.48. The number of hydrogen-bond acceptors (Lipinski definition) is 5. The van der Waals surface area contributed by atoms with Gasteiger partial charge in [-0.15, -0.1) is 0 Å². The smallest absolute Gasteiger partial charge is 0.338 e. The molecule has 7 nitrogen and oxygen atoms in total. The molecule has 0 bridgehead atoms. The predicted molar refractivity (Wildman–Crippen MR) is 78.8 cm³/mol. The lowest BCUT2D eigenvalue weighted by Gasteiger charge is -2.07. The third kappa shape index (κ3) is 3.88. The van der Waals surface area contributed by atoms with Gasteiger partial charge in [-0.1, -0.05) is 6.07 Å². The van der Waals surface area contributed by atoms with Gasteiger partial charge in [0.25, 0.3) is 11.6 Å². The zero-order chi connectivity index (χ0) is 17.0. The van der Waals surface area contributed by atoms with Gasteiger partial charge in [0.15, 0.2) is 0 Å². The summed E-state index contributed by atoms with van der Waals surface area (Å²) in [6, 6.07) is 8.34. The number of rotatable bonds is 4. The Morgan fingerprint density at radius 2 is 1.87 bits per heavy atom. The number of benzene rings is 2. The molecule has 0 atom stereocenters. The molecule has 0 aliphatic rings. The highest BCUT2D eigenvalue weighted by Gasteiger charge is 2.18. The zero-order valence-corrected chi connectivity index (χ0v) is 11.9. The number of carbonyl (C=O) groups excluding carboxylic acids is 2. The van der Waals surface area contributed by atoms with Crippen LogP contribution in [0.25, 0.3) is 0 Å². The van der Waals surface area contributed by atoms with E-state index in [1.165, 1.54) is 18.2 Å². The third-order valence-corrected chi connectivity index (χ3v) is 2.89. The highest BCUT2D eigenvalue weighted by molar-refractivity contribution is 6.06. The van der Waals surface area contributed by atoms with Gasteiger partial charge in [-0.2, -0.15) is 0 Å². The molecule has 0 saturated carbocycles. The summed E-state index contributed by atoms with van der Waals surface area (Å²) < 4.78 is 17.6. The Morgan fingerprint density at radius 3 is 2.48 bits per heavy atom. The lowest BCUT2D eigenvalue weighted by Crippen LogP contribution is -2.14. The maximum atomic E-state index is 13.1. The molecular formula is C15H11FN2O5. The molecule has 2 aromatic carbocycles. The van der Waals surface area contributed by atoms with E-state index in [9.17, 15) is 24.1 Å². The topological polar surface area (TPSA) is 98.5 Å². The number of halogens is 1. The molecule has 0 spiro atoms. The normalized spacial score (nSPS) is 10.0. The molecule has 0 aliphatic carbocycles. The van der Waals surface area contributed by atoms with E-state index < -0.39 is 28.3 Å². The van der Waals surface area contributed by atoms with Crippen LogP contribution in [0, 0.1) is 15.9 Å². The first-order valence-electron chi connectivity index (χ1n) is 6.35. The van der Waals surface area contributed by atoms with Crippen LogP contribution in [-0.2, 0) is 4.74 Å². The predicted octanol–water partition coefficient (Wildman–Crippen LogP) is 2.77. The van der Waals surface area contributed by atoms with Crippen LogP contribution in [0.4, 0.5) is 15.8 Å². The Labute approximate surface area is 129 Å². The number of ether oxygens (including phenoxy) is 1. The summed E-state index contributed by atoms with van der Waals surface area (Å²) in [7, 11) is 1.12. The van der Waals surface area contributed by atoms with E-state index in [2.05, 4.69) is 10.1 Å². The second-order valence-corrected chi connectivity index (χ2v) is 4.48. The Balaban J connectivity index is 2.37. The molecular weight excluding hydrogens is 307 g/mol. The van der Waals surface area contributed by atoms with Crippen molar-refractivity contribution in [3.05, 3.63) is 69.5 Å². The minimum atomic E-state index is -0.812. The molecule has 2 rings (SSSR count). The van der Waals surface area contributed by atoms with E-state index in [0.29, 0.717) is 0 Å². The van der Waals surface area contributed by atoms with E-state index in [4.69, 9.17) is 0 Å². The second kappa shape index (κ2) is 6.65. The van der Waals surface area contributed by atoms with Gasteiger partial charge in [0.2, 0.25) is 0 Å². The minimum Gasteiger partial charge on any atom is -0.465 e. The number of esters is 1. The number of carbonyl (C=O) groups is 2. The van der Waals surface area contributed by atoms with Gasteiger partial charge in [-0.25, -0.2) is 9.18 Å². The fourth-order valence-corrected chi connectivity index (χ4v) is 1.85. The molecule has 23 heavy (non-hydrogen) atoms. The number of non-ortho nitro benzene ring substituents is 1. The summed E-state index contributed by atoms with van der Waals surface area (Å²) in [6.45, 7) is 0. The highest BCUT2D eigenvalue weighted by Crippen LogP contribution is 2.19. The van der Waals surface area contributed by atoms with Crippen molar-refractivity contribution in [1.82, 2.24) is 0 Å². The number of methoxy groups -OCH3 is 1. The van der Waals surface area contributed by atoms with Gasteiger partial charge >= 0.3 is 5.97 Å². The van der Waals surface area contributed by atoms with E-state index in [0.717, 1.165) is 31.4 Å². The van der Waals surface area contributed by atoms with Crippen molar-refractivity contribution in [3.8, 4) is 0 Å². The fraction of sp³-hybridized carbons (Fsp3) is 0.0667. The summed E-state index contributed by atoms with van der Waals surface area (Å²) in [5.41, 5.74) is -0.506. The van der Waals surface area contributed by atoms with Crippen molar-refractivity contribution in [2.45, 2.75) is 0 Å². The molecule has 1 N–H and O–H groups in total. The van der Waals surface area contributed by atoms with Crippen LogP contribution in [0.15, 0.2) is 42.5 Å². The molecule has 0 unspecified atom stereocenters. The van der Waals surface area contributed by atoms with Crippen molar-refractivity contribution in [1.29, 1.82) is 0 Å². The number of hydrogen-bond donors (Lipinski definition) is 1. The van der Waals surface area contributed by atoms with Crippen molar-refractivity contribution >= 4 is 23.3 Å². The molecule has 118 valence electrons. The molecule has 0 saturated heterocycles. The monoisotopic (exact) mass is 318 g/mol. The Hall–Kier alpha value is -3.29. The molecule has 0 fully saturated rings. The summed E-state index contributed by atoms with van der Waals surface area (Å²) >= 11 is 0. The fourth-order valence-electron chi connectivity index (χ4n) is 1.85. The minimum absolute atomic E-state index is 0.121. The van der Waals surface area contributed by atoms with E-state index in [1.54, 1.807) is 0 Å². The number of amides is 1. The van der Waals surface area contributed by atoms with Crippen LogP contribution in [0.3, 0.4) is 0 Å². The molecule has 2 aromatic rings. The molecule has 8 heteroatoms. The maximum Gasteiger partial charge on any atom is 0.338 e. The van der Waals surface area contributed by atoms with Crippen molar-refractivity contribution in [3.63, 3.8) is 0 Å². The number of nitro benzene ring substituents is 1.